The molecule has 0 amide bonds. The van der Waals surface area contributed by atoms with Crippen LogP contribution in [0.25, 0.3) is 0 Å². The molecule has 2 rings (SSSR count). The van der Waals surface area contributed by atoms with E-state index in [0.29, 0.717) is 13.2 Å². The Balaban J connectivity index is 2.03. The van der Waals surface area contributed by atoms with Crippen molar-refractivity contribution in [2.45, 2.75) is 20.1 Å². The highest BCUT2D eigenvalue weighted by Gasteiger charge is 2.07. The van der Waals surface area contributed by atoms with Crippen molar-refractivity contribution in [2.75, 3.05) is 13.2 Å². The van der Waals surface area contributed by atoms with Gasteiger partial charge in [0.2, 0.25) is 0 Å². The van der Waals surface area contributed by atoms with Gasteiger partial charge in [-0.3, -0.25) is 0 Å². The smallest absolute Gasteiger partial charge is 0.161 e. The van der Waals surface area contributed by atoms with Crippen LogP contribution in [0.4, 0.5) is 0 Å². The van der Waals surface area contributed by atoms with Crippen molar-refractivity contribution in [2.24, 2.45) is 0 Å². The standard InChI is InChI=1S/C17H21NO2S/c1-3-9-18-12-14-7-8-16(17(11-14)19-4-2)20-13-15-6-5-10-21-15/h3,5-8,10-11,18H,1,4,9,12-13H2,2H3. The molecular formula is C17H21NO2S. The van der Waals surface area contributed by atoms with Gasteiger partial charge < -0.3 is 14.8 Å². The Morgan fingerprint density at radius 3 is 2.86 bits per heavy atom. The molecule has 0 radical (unpaired) electrons. The van der Waals surface area contributed by atoms with E-state index in [-0.39, 0.29) is 0 Å². The first kappa shape index (κ1) is 15.6. The third-order valence-corrected chi connectivity index (χ3v) is 3.73. The molecule has 1 aromatic heterocycles. The Morgan fingerprint density at radius 1 is 1.24 bits per heavy atom. The molecule has 4 heteroatoms. The molecule has 0 aliphatic carbocycles. The van der Waals surface area contributed by atoms with Crippen molar-refractivity contribution in [1.82, 2.24) is 5.32 Å². The molecule has 0 aliphatic rings. The second-order valence-electron chi connectivity index (χ2n) is 4.50. The number of hydrogen-bond acceptors (Lipinski definition) is 4. The van der Waals surface area contributed by atoms with Gasteiger partial charge in [-0.05, 0) is 36.1 Å². The van der Waals surface area contributed by atoms with Crippen molar-refractivity contribution in [3.8, 4) is 11.5 Å². The summed E-state index contributed by atoms with van der Waals surface area (Å²) in [7, 11) is 0. The average molecular weight is 303 g/mol. The highest BCUT2D eigenvalue weighted by atomic mass is 32.1. The van der Waals surface area contributed by atoms with Gasteiger partial charge in [-0.1, -0.05) is 18.2 Å². The highest BCUT2D eigenvalue weighted by Crippen LogP contribution is 2.29. The van der Waals surface area contributed by atoms with E-state index >= 15 is 0 Å². The van der Waals surface area contributed by atoms with E-state index in [4.69, 9.17) is 9.47 Å². The van der Waals surface area contributed by atoms with Crippen LogP contribution in [0.15, 0.2) is 48.4 Å². The number of rotatable bonds is 9. The molecular weight excluding hydrogens is 282 g/mol. The lowest BCUT2D eigenvalue weighted by Crippen LogP contribution is -2.12. The lowest BCUT2D eigenvalue weighted by Gasteiger charge is -2.13. The number of thiophene rings is 1. The first-order valence-corrected chi connectivity index (χ1v) is 7.94. The fourth-order valence-electron chi connectivity index (χ4n) is 1.91. The first-order chi connectivity index (χ1) is 10.3. The molecule has 1 aromatic carbocycles. The fraction of sp³-hybridized carbons (Fsp3) is 0.294. The van der Waals surface area contributed by atoms with Crippen LogP contribution in [-0.2, 0) is 13.2 Å². The molecule has 0 aliphatic heterocycles. The molecule has 0 atom stereocenters. The summed E-state index contributed by atoms with van der Waals surface area (Å²) in [5.74, 6) is 1.59. The van der Waals surface area contributed by atoms with Gasteiger partial charge in [-0.2, -0.15) is 0 Å². The third-order valence-electron chi connectivity index (χ3n) is 2.88. The fourth-order valence-corrected chi connectivity index (χ4v) is 2.53. The zero-order chi connectivity index (χ0) is 14.9. The molecule has 0 saturated heterocycles. The van der Waals surface area contributed by atoms with Crippen LogP contribution in [0.2, 0.25) is 0 Å². The van der Waals surface area contributed by atoms with E-state index in [1.54, 1.807) is 11.3 Å². The van der Waals surface area contributed by atoms with E-state index in [1.807, 2.05) is 31.2 Å². The zero-order valence-corrected chi connectivity index (χ0v) is 13.1. The second-order valence-corrected chi connectivity index (χ2v) is 5.53. The van der Waals surface area contributed by atoms with Crippen LogP contribution in [0.1, 0.15) is 17.4 Å². The van der Waals surface area contributed by atoms with Crippen molar-refractivity contribution in [1.29, 1.82) is 0 Å². The van der Waals surface area contributed by atoms with Gasteiger partial charge in [0.1, 0.15) is 6.61 Å². The Kier molecular flexibility index (Phi) is 6.31. The number of ether oxygens (including phenoxy) is 2. The van der Waals surface area contributed by atoms with Crippen molar-refractivity contribution in [3.05, 3.63) is 58.8 Å². The van der Waals surface area contributed by atoms with Gasteiger partial charge in [0.25, 0.3) is 0 Å². The number of hydrogen-bond donors (Lipinski definition) is 1. The van der Waals surface area contributed by atoms with Gasteiger partial charge >= 0.3 is 0 Å². The van der Waals surface area contributed by atoms with Gasteiger partial charge in [0.05, 0.1) is 6.61 Å². The molecule has 1 heterocycles. The predicted molar refractivity (Wildman–Crippen MR) is 88.2 cm³/mol. The largest absolute Gasteiger partial charge is 0.490 e. The summed E-state index contributed by atoms with van der Waals surface area (Å²) in [6.07, 6.45) is 1.85. The van der Waals surface area contributed by atoms with E-state index in [2.05, 4.69) is 29.4 Å². The van der Waals surface area contributed by atoms with Gasteiger partial charge in [0.15, 0.2) is 11.5 Å². The molecule has 0 saturated carbocycles. The summed E-state index contributed by atoms with van der Waals surface area (Å²) in [5.41, 5.74) is 1.17. The minimum absolute atomic E-state index is 0.575. The van der Waals surface area contributed by atoms with Crippen LogP contribution in [0.3, 0.4) is 0 Å². The molecule has 0 spiro atoms. The van der Waals surface area contributed by atoms with Crippen molar-refractivity contribution < 1.29 is 9.47 Å². The predicted octanol–water partition coefficient (Wildman–Crippen LogP) is 4.00. The molecule has 2 aromatic rings. The Morgan fingerprint density at radius 2 is 2.14 bits per heavy atom. The summed E-state index contributed by atoms with van der Waals surface area (Å²) in [5, 5.41) is 5.33. The lowest BCUT2D eigenvalue weighted by atomic mass is 10.2. The summed E-state index contributed by atoms with van der Waals surface area (Å²) in [6, 6.07) is 10.2. The quantitative estimate of drug-likeness (QED) is 0.561. The third kappa shape index (κ3) is 4.92. The normalized spacial score (nSPS) is 10.3. The van der Waals surface area contributed by atoms with Gasteiger partial charge in [0, 0.05) is 18.0 Å². The average Bonchev–Trinajstić information content (AvgIpc) is 3.00. The topological polar surface area (TPSA) is 30.5 Å². The number of benzene rings is 1. The van der Waals surface area contributed by atoms with E-state index in [9.17, 15) is 0 Å². The molecule has 3 nitrogen and oxygen atoms in total. The molecule has 112 valence electrons. The van der Waals surface area contributed by atoms with Crippen molar-refractivity contribution >= 4 is 11.3 Å². The second kappa shape index (κ2) is 8.49. The van der Waals surface area contributed by atoms with E-state index in [1.165, 1.54) is 10.4 Å². The molecule has 21 heavy (non-hydrogen) atoms. The zero-order valence-electron chi connectivity index (χ0n) is 12.3. The minimum atomic E-state index is 0.575. The Hall–Kier alpha value is -1.78. The Bertz CT molecular complexity index is 552. The summed E-state index contributed by atoms with van der Waals surface area (Å²) in [6.45, 7) is 8.45. The Labute approximate surface area is 130 Å². The summed E-state index contributed by atoms with van der Waals surface area (Å²) >= 11 is 1.69. The van der Waals surface area contributed by atoms with Crippen molar-refractivity contribution in [3.63, 3.8) is 0 Å². The van der Waals surface area contributed by atoms with Gasteiger partial charge in [-0.15, -0.1) is 17.9 Å². The van der Waals surface area contributed by atoms with Crippen LogP contribution in [0.5, 0.6) is 11.5 Å². The maximum atomic E-state index is 5.86. The molecule has 1 N–H and O–H groups in total. The maximum absolute atomic E-state index is 5.86. The highest BCUT2D eigenvalue weighted by molar-refractivity contribution is 7.09. The van der Waals surface area contributed by atoms with E-state index < -0.39 is 0 Å². The van der Waals surface area contributed by atoms with Crippen LogP contribution in [-0.4, -0.2) is 13.2 Å². The summed E-state index contributed by atoms with van der Waals surface area (Å²) in [4.78, 5) is 1.20. The molecule has 0 unspecified atom stereocenters. The van der Waals surface area contributed by atoms with Gasteiger partial charge in [-0.25, -0.2) is 0 Å². The molecule has 0 fully saturated rings. The maximum Gasteiger partial charge on any atom is 0.161 e. The SMILES string of the molecule is C=CCNCc1ccc(OCc2cccs2)c(OCC)c1. The number of nitrogens with one attached hydrogen (secondary N) is 1. The lowest BCUT2D eigenvalue weighted by molar-refractivity contribution is 0.271. The monoisotopic (exact) mass is 303 g/mol. The van der Waals surface area contributed by atoms with Crippen LogP contribution >= 0.6 is 11.3 Å². The minimum Gasteiger partial charge on any atom is -0.490 e. The van der Waals surface area contributed by atoms with Crippen LogP contribution in [0, 0.1) is 0 Å². The molecule has 0 bridgehead atoms. The first-order valence-electron chi connectivity index (χ1n) is 7.06. The summed E-state index contributed by atoms with van der Waals surface area (Å²) < 4.78 is 11.5. The van der Waals surface area contributed by atoms with E-state index in [0.717, 1.165) is 24.6 Å². The van der Waals surface area contributed by atoms with Crippen LogP contribution < -0.4 is 14.8 Å².